The van der Waals surface area contributed by atoms with Gasteiger partial charge in [0.05, 0.1) is 22.3 Å². The molecule has 0 fully saturated rings. The van der Waals surface area contributed by atoms with Crippen molar-refractivity contribution in [3.8, 4) is 0 Å². The number of carbonyl (C=O) groups is 2. The van der Waals surface area contributed by atoms with Crippen molar-refractivity contribution < 1.29 is 14.5 Å². The van der Waals surface area contributed by atoms with E-state index in [4.69, 9.17) is 34.8 Å². The van der Waals surface area contributed by atoms with Gasteiger partial charge in [-0.05, 0) is 39.8 Å². The molecule has 0 saturated heterocycles. The molecule has 24 heavy (non-hydrogen) atoms. The topological polar surface area (TPSA) is 62.6 Å². The molecule has 1 unspecified atom stereocenters. The molecule has 1 aromatic rings. The number of amides is 2. The number of rotatable bonds is 6. The SMILES string of the molecule is CC[NH+](CC(=O)Nc1c(Cl)cc(Cl)cc1Cl)CC(=O)NC(C)(C)C. The van der Waals surface area contributed by atoms with Crippen LogP contribution < -0.4 is 15.5 Å². The summed E-state index contributed by atoms with van der Waals surface area (Å²) in [6.45, 7) is 8.62. The van der Waals surface area contributed by atoms with Gasteiger partial charge in [0.15, 0.2) is 13.1 Å². The van der Waals surface area contributed by atoms with Gasteiger partial charge in [-0.15, -0.1) is 0 Å². The van der Waals surface area contributed by atoms with Crippen LogP contribution in [0.25, 0.3) is 0 Å². The predicted molar refractivity (Wildman–Crippen MR) is 99.2 cm³/mol. The molecular formula is C16H23Cl3N3O2+. The zero-order chi connectivity index (χ0) is 18.5. The summed E-state index contributed by atoms with van der Waals surface area (Å²) in [5, 5.41) is 6.49. The van der Waals surface area contributed by atoms with Gasteiger partial charge in [-0.25, -0.2) is 0 Å². The molecule has 0 spiro atoms. The fourth-order valence-corrected chi connectivity index (χ4v) is 2.99. The number of hydrogen-bond acceptors (Lipinski definition) is 2. The molecule has 1 atom stereocenters. The summed E-state index contributed by atoms with van der Waals surface area (Å²) in [4.78, 5) is 25.0. The lowest BCUT2D eigenvalue weighted by atomic mass is 10.1. The summed E-state index contributed by atoms with van der Waals surface area (Å²) < 4.78 is 0. The van der Waals surface area contributed by atoms with Gasteiger partial charge in [0.25, 0.3) is 11.8 Å². The summed E-state index contributed by atoms with van der Waals surface area (Å²) in [6.07, 6.45) is 0. The van der Waals surface area contributed by atoms with Gasteiger partial charge >= 0.3 is 0 Å². The highest BCUT2D eigenvalue weighted by Crippen LogP contribution is 2.33. The second-order valence-corrected chi connectivity index (χ2v) is 7.80. The van der Waals surface area contributed by atoms with Gasteiger partial charge in [0.1, 0.15) is 0 Å². The number of anilines is 1. The minimum Gasteiger partial charge on any atom is -0.347 e. The molecule has 0 radical (unpaired) electrons. The average Bonchev–Trinajstić information content (AvgIpc) is 2.39. The Bertz CT molecular complexity index is 592. The van der Waals surface area contributed by atoms with Crippen molar-refractivity contribution in [2.75, 3.05) is 25.0 Å². The van der Waals surface area contributed by atoms with E-state index in [2.05, 4.69) is 10.6 Å². The highest BCUT2D eigenvalue weighted by Gasteiger charge is 2.21. The van der Waals surface area contributed by atoms with E-state index >= 15 is 0 Å². The maximum Gasteiger partial charge on any atom is 0.279 e. The number of quaternary nitrogens is 1. The van der Waals surface area contributed by atoms with E-state index < -0.39 is 0 Å². The molecule has 1 rings (SSSR count). The first-order valence-corrected chi connectivity index (χ1v) is 8.74. The maximum atomic E-state index is 12.2. The molecule has 0 aliphatic rings. The van der Waals surface area contributed by atoms with Crippen LogP contribution >= 0.6 is 34.8 Å². The molecule has 1 aromatic carbocycles. The smallest absolute Gasteiger partial charge is 0.279 e. The van der Waals surface area contributed by atoms with Crippen molar-refractivity contribution in [3.63, 3.8) is 0 Å². The van der Waals surface area contributed by atoms with Gasteiger partial charge in [-0.2, -0.15) is 0 Å². The Morgan fingerprint density at radius 1 is 1.04 bits per heavy atom. The van der Waals surface area contributed by atoms with E-state index in [0.717, 1.165) is 4.90 Å². The lowest BCUT2D eigenvalue weighted by Crippen LogP contribution is -3.14. The summed E-state index contributed by atoms with van der Waals surface area (Å²) >= 11 is 17.9. The van der Waals surface area contributed by atoms with Crippen molar-refractivity contribution >= 4 is 52.3 Å². The third-order valence-corrected chi connectivity index (χ3v) is 3.92. The maximum absolute atomic E-state index is 12.2. The molecule has 0 aliphatic heterocycles. The van der Waals surface area contributed by atoms with Crippen molar-refractivity contribution in [1.29, 1.82) is 0 Å². The molecule has 8 heteroatoms. The van der Waals surface area contributed by atoms with Gasteiger partial charge < -0.3 is 15.5 Å². The summed E-state index contributed by atoms with van der Waals surface area (Å²) in [7, 11) is 0. The Hall–Kier alpha value is -1.01. The quantitative estimate of drug-likeness (QED) is 0.692. The Morgan fingerprint density at radius 3 is 2.00 bits per heavy atom. The van der Waals surface area contributed by atoms with Crippen molar-refractivity contribution in [2.45, 2.75) is 33.2 Å². The summed E-state index contributed by atoms with van der Waals surface area (Å²) in [6, 6.07) is 3.01. The van der Waals surface area contributed by atoms with E-state index in [9.17, 15) is 9.59 Å². The van der Waals surface area contributed by atoms with E-state index in [1.165, 1.54) is 12.1 Å². The zero-order valence-corrected chi connectivity index (χ0v) is 16.5. The highest BCUT2D eigenvalue weighted by molar-refractivity contribution is 6.42. The first kappa shape index (κ1) is 21.0. The second kappa shape index (κ2) is 8.90. The van der Waals surface area contributed by atoms with Crippen LogP contribution in [-0.4, -0.2) is 37.0 Å². The number of likely N-dealkylation sites (N-methyl/N-ethyl adjacent to an activating group) is 1. The lowest BCUT2D eigenvalue weighted by molar-refractivity contribution is -0.881. The van der Waals surface area contributed by atoms with Crippen molar-refractivity contribution in [1.82, 2.24) is 5.32 Å². The Morgan fingerprint density at radius 2 is 1.54 bits per heavy atom. The molecule has 0 bridgehead atoms. The van der Waals surface area contributed by atoms with Crippen LogP contribution in [0.5, 0.6) is 0 Å². The number of benzene rings is 1. The van der Waals surface area contributed by atoms with Crippen LogP contribution in [0.15, 0.2) is 12.1 Å². The van der Waals surface area contributed by atoms with Crippen LogP contribution in [-0.2, 0) is 9.59 Å². The minimum absolute atomic E-state index is 0.102. The van der Waals surface area contributed by atoms with Crippen LogP contribution in [0.2, 0.25) is 15.1 Å². The molecule has 0 aromatic heterocycles. The molecule has 3 N–H and O–H groups in total. The fourth-order valence-electron chi connectivity index (χ4n) is 2.07. The predicted octanol–water partition coefficient (Wildman–Crippen LogP) is 2.40. The van der Waals surface area contributed by atoms with Gasteiger partial charge in [0, 0.05) is 10.6 Å². The zero-order valence-electron chi connectivity index (χ0n) is 14.2. The Kier molecular flexibility index (Phi) is 7.80. The highest BCUT2D eigenvalue weighted by atomic mass is 35.5. The summed E-state index contributed by atoms with van der Waals surface area (Å²) in [5.41, 5.74) is 0.0186. The second-order valence-electron chi connectivity index (χ2n) is 6.55. The fraction of sp³-hybridized carbons (Fsp3) is 0.500. The third-order valence-electron chi connectivity index (χ3n) is 3.11. The van der Waals surface area contributed by atoms with Gasteiger partial charge in [0.2, 0.25) is 0 Å². The molecule has 0 aliphatic carbocycles. The molecule has 0 heterocycles. The number of hydrogen-bond donors (Lipinski definition) is 3. The first-order chi connectivity index (χ1) is 11.0. The van der Waals surface area contributed by atoms with Crippen LogP contribution in [0.3, 0.4) is 0 Å². The van der Waals surface area contributed by atoms with E-state index in [1.54, 1.807) is 0 Å². The van der Waals surface area contributed by atoms with Crippen LogP contribution in [0.1, 0.15) is 27.7 Å². The van der Waals surface area contributed by atoms with E-state index in [1.807, 2.05) is 27.7 Å². The van der Waals surface area contributed by atoms with E-state index in [0.29, 0.717) is 17.3 Å². The van der Waals surface area contributed by atoms with Gasteiger partial charge in [-0.3, -0.25) is 9.59 Å². The molecular weight excluding hydrogens is 373 g/mol. The number of nitrogens with one attached hydrogen (secondary N) is 3. The van der Waals surface area contributed by atoms with Gasteiger partial charge in [-0.1, -0.05) is 34.8 Å². The van der Waals surface area contributed by atoms with Crippen LogP contribution in [0.4, 0.5) is 5.69 Å². The number of halogens is 3. The Labute approximate surface area is 157 Å². The van der Waals surface area contributed by atoms with Crippen molar-refractivity contribution in [2.24, 2.45) is 0 Å². The summed E-state index contributed by atoms with van der Waals surface area (Å²) in [5.74, 6) is -0.378. The molecule has 2 amide bonds. The van der Waals surface area contributed by atoms with Crippen molar-refractivity contribution in [3.05, 3.63) is 27.2 Å². The minimum atomic E-state index is -0.303. The molecule has 134 valence electrons. The normalized spacial score (nSPS) is 12.6. The first-order valence-electron chi connectivity index (χ1n) is 7.60. The standard InChI is InChI=1S/C16H22Cl3N3O2/c1-5-22(9-14(24)21-16(2,3)4)8-13(23)20-15-11(18)6-10(17)7-12(15)19/h6-7H,5,8-9H2,1-4H3,(H,20,23)(H,21,24)/p+1. The number of carbonyl (C=O) groups excluding carboxylic acids is 2. The Balaban J connectivity index is 2.67. The third kappa shape index (κ3) is 7.26. The monoisotopic (exact) mass is 394 g/mol. The molecule has 5 nitrogen and oxygen atoms in total. The lowest BCUT2D eigenvalue weighted by Gasteiger charge is -2.23. The average molecular weight is 396 g/mol. The molecule has 0 saturated carbocycles. The van der Waals surface area contributed by atoms with Crippen LogP contribution in [0, 0.1) is 0 Å². The van der Waals surface area contributed by atoms with E-state index in [-0.39, 0.29) is 40.5 Å². The largest absolute Gasteiger partial charge is 0.347 e.